The van der Waals surface area contributed by atoms with Crippen LogP contribution in [0.2, 0.25) is 0 Å². The molecule has 9 heteroatoms. The number of anilines is 1. The Balaban J connectivity index is 1.48. The van der Waals surface area contributed by atoms with Crippen molar-refractivity contribution in [3.8, 4) is 0 Å². The van der Waals surface area contributed by atoms with Crippen molar-refractivity contribution in [3.05, 3.63) is 35.9 Å². The van der Waals surface area contributed by atoms with E-state index in [0.717, 1.165) is 38.5 Å². The maximum Gasteiger partial charge on any atom is 0.433 e. The van der Waals surface area contributed by atoms with Crippen LogP contribution in [-0.4, -0.2) is 57.8 Å². The van der Waals surface area contributed by atoms with Gasteiger partial charge >= 0.3 is 6.18 Å². The minimum absolute atomic E-state index is 0.155. The van der Waals surface area contributed by atoms with E-state index < -0.39 is 11.9 Å². The van der Waals surface area contributed by atoms with Gasteiger partial charge in [-0.3, -0.25) is 10.00 Å². The average molecular weight is 340 g/mol. The number of nitrogens with one attached hydrogen (secondary N) is 1. The molecule has 0 saturated carbocycles. The van der Waals surface area contributed by atoms with Crippen molar-refractivity contribution in [3.63, 3.8) is 0 Å². The van der Waals surface area contributed by atoms with Gasteiger partial charge in [-0.25, -0.2) is 9.97 Å². The topological polar surface area (TPSA) is 60.9 Å². The van der Waals surface area contributed by atoms with E-state index in [1.54, 1.807) is 0 Å². The van der Waals surface area contributed by atoms with Crippen molar-refractivity contribution in [1.29, 1.82) is 0 Å². The fraction of sp³-hybridized carbons (Fsp3) is 0.533. The van der Waals surface area contributed by atoms with Crippen LogP contribution in [0.3, 0.4) is 0 Å². The lowest BCUT2D eigenvalue weighted by Crippen LogP contribution is -2.47. The van der Waals surface area contributed by atoms with Crippen molar-refractivity contribution in [2.75, 3.05) is 37.6 Å². The Morgan fingerprint density at radius 2 is 1.96 bits per heavy atom. The molecule has 1 aliphatic heterocycles. The molecule has 6 nitrogen and oxygen atoms in total. The highest BCUT2D eigenvalue weighted by molar-refractivity contribution is 5.31. The highest BCUT2D eigenvalue weighted by atomic mass is 19.4. The third-order valence-electron chi connectivity index (χ3n) is 4.08. The van der Waals surface area contributed by atoms with E-state index in [4.69, 9.17) is 0 Å². The van der Waals surface area contributed by atoms with Crippen LogP contribution < -0.4 is 4.90 Å². The Morgan fingerprint density at radius 3 is 2.62 bits per heavy atom. The van der Waals surface area contributed by atoms with Gasteiger partial charge in [0.2, 0.25) is 5.95 Å². The van der Waals surface area contributed by atoms with Crippen LogP contribution in [0, 0.1) is 0 Å². The van der Waals surface area contributed by atoms with Gasteiger partial charge in [-0.2, -0.15) is 18.3 Å². The van der Waals surface area contributed by atoms with Crippen molar-refractivity contribution in [2.24, 2.45) is 0 Å². The first-order valence-corrected chi connectivity index (χ1v) is 7.87. The molecular weight excluding hydrogens is 321 g/mol. The molecule has 0 bridgehead atoms. The van der Waals surface area contributed by atoms with Crippen LogP contribution in [0.4, 0.5) is 19.1 Å². The summed E-state index contributed by atoms with van der Waals surface area (Å²) < 4.78 is 38.2. The number of hydrogen-bond donors (Lipinski definition) is 1. The summed E-state index contributed by atoms with van der Waals surface area (Å²) in [5.74, 6) is 0.155. The molecular formula is C15H19F3N6. The van der Waals surface area contributed by atoms with Gasteiger partial charge in [0.25, 0.3) is 0 Å². The van der Waals surface area contributed by atoms with E-state index in [1.165, 1.54) is 11.8 Å². The second kappa shape index (κ2) is 7.16. The quantitative estimate of drug-likeness (QED) is 0.902. The lowest BCUT2D eigenvalue weighted by molar-refractivity contribution is -0.141. The number of aromatic nitrogens is 4. The third-order valence-corrected chi connectivity index (χ3v) is 4.08. The van der Waals surface area contributed by atoms with Crippen molar-refractivity contribution < 1.29 is 13.2 Å². The molecule has 0 amide bonds. The van der Waals surface area contributed by atoms with Gasteiger partial charge in [-0.05, 0) is 31.0 Å². The van der Waals surface area contributed by atoms with Crippen molar-refractivity contribution in [1.82, 2.24) is 25.1 Å². The molecule has 3 heterocycles. The van der Waals surface area contributed by atoms with E-state index in [1.807, 2.05) is 17.3 Å². The second-order valence-electron chi connectivity index (χ2n) is 5.78. The second-order valence-corrected chi connectivity index (χ2v) is 5.78. The van der Waals surface area contributed by atoms with Crippen LogP contribution in [0.15, 0.2) is 24.7 Å². The first kappa shape index (κ1) is 16.7. The fourth-order valence-corrected chi connectivity index (χ4v) is 2.75. The van der Waals surface area contributed by atoms with Crippen LogP contribution in [0.25, 0.3) is 0 Å². The molecule has 0 unspecified atom stereocenters. The minimum atomic E-state index is -4.44. The molecule has 2 aromatic heterocycles. The summed E-state index contributed by atoms with van der Waals surface area (Å²) in [4.78, 5) is 11.7. The summed E-state index contributed by atoms with van der Waals surface area (Å²) in [6, 6.07) is 0.898. The Labute approximate surface area is 137 Å². The SMILES string of the molecule is FC(F)(F)c1ccnc(N2CCN(CCCc3cn[nH]c3)CC2)n1. The molecule has 1 fully saturated rings. The molecule has 0 aliphatic carbocycles. The number of aryl methyl sites for hydroxylation is 1. The smallest absolute Gasteiger partial charge is 0.338 e. The summed E-state index contributed by atoms with van der Waals surface area (Å²) >= 11 is 0. The van der Waals surface area contributed by atoms with E-state index in [-0.39, 0.29) is 5.95 Å². The van der Waals surface area contributed by atoms with Crippen molar-refractivity contribution in [2.45, 2.75) is 19.0 Å². The Kier molecular flexibility index (Phi) is 4.98. The van der Waals surface area contributed by atoms with E-state index >= 15 is 0 Å². The highest BCUT2D eigenvalue weighted by Crippen LogP contribution is 2.28. The Bertz CT molecular complexity index is 635. The van der Waals surface area contributed by atoms with Crippen LogP contribution >= 0.6 is 0 Å². The molecule has 24 heavy (non-hydrogen) atoms. The molecule has 1 N–H and O–H groups in total. The predicted molar refractivity (Wildman–Crippen MR) is 82.6 cm³/mol. The van der Waals surface area contributed by atoms with Crippen LogP contribution in [-0.2, 0) is 12.6 Å². The number of H-pyrrole nitrogens is 1. The molecule has 2 aromatic rings. The van der Waals surface area contributed by atoms with Gasteiger partial charge < -0.3 is 4.90 Å². The number of piperazine rings is 1. The average Bonchev–Trinajstić information content (AvgIpc) is 3.08. The molecule has 1 saturated heterocycles. The number of alkyl halides is 3. The largest absolute Gasteiger partial charge is 0.433 e. The molecule has 0 spiro atoms. The van der Waals surface area contributed by atoms with E-state index in [0.29, 0.717) is 13.1 Å². The fourth-order valence-electron chi connectivity index (χ4n) is 2.75. The molecule has 0 atom stereocenters. The molecule has 130 valence electrons. The zero-order valence-electron chi connectivity index (χ0n) is 13.1. The Hall–Kier alpha value is -2.16. The lowest BCUT2D eigenvalue weighted by atomic mass is 10.2. The minimum Gasteiger partial charge on any atom is -0.338 e. The van der Waals surface area contributed by atoms with Crippen LogP contribution in [0.5, 0.6) is 0 Å². The van der Waals surface area contributed by atoms with Gasteiger partial charge in [-0.15, -0.1) is 0 Å². The van der Waals surface area contributed by atoms with Crippen molar-refractivity contribution >= 4 is 5.95 Å². The van der Waals surface area contributed by atoms with Gasteiger partial charge in [0.05, 0.1) is 6.20 Å². The number of aromatic amines is 1. The molecule has 1 aliphatic rings. The van der Waals surface area contributed by atoms with E-state index in [9.17, 15) is 13.2 Å². The number of halogens is 3. The number of rotatable bonds is 5. The normalized spacial score (nSPS) is 16.5. The van der Waals surface area contributed by atoms with Gasteiger partial charge in [0.15, 0.2) is 0 Å². The summed E-state index contributed by atoms with van der Waals surface area (Å²) in [6.07, 6.45) is 2.44. The summed E-state index contributed by atoms with van der Waals surface area (Å²) in [7, 11) is 0. The predicted octanol–water partition coefficient (Wildman–Crippen LogP) is 1.97. The number of hydrogen-bond acceptors (Lipinski definition) is 5. The van der Waals surface area contributed by atoms with Gasteiger partial charge in [0, 0.05) is 38.6 Å². The highest BCUT2D eigenvalue weighted by Gasteiger charge is 2.33. The maximum atomic E-state index is 12.7. The molecule has 3 rings (SSSR count). The summed E-state index contributed by atoms with van der Waals surface area (Å²) in [6.45, 7) is 3.82. The van der Waals surface area contributed by atoms with Gasteiger partial charge in [0.1, 0.15) is 5.69 Å². The number of nitrogens with zero attached hydrogens (tertiary/aromatic N) is 5. The summed E-state index contributed by atoms with van der Waals surface area (Å²) in [5.41, 5.74) is 0.293. The standard InChI is InChI=1S/C15H19F3N6/c16-15(17,18)13-3-4-19-14(22-13)24-8-6-23(7-9-24)5-1-2-12-10-20-21-11-12/h3-4,10-11H,1-2,5-9H2,(H,20,21). The van der Waals surface area contributed by atoms with Gasteiger partial charge in [-0.1, -0.05) is 0 Å². The lowest BCUT2D eigenvalue weighted by Gasteiger charge is -2.34. The third kappa shape index (κ3) is 4.22. The van der Waals surface area contributed by atoms with Crippen LogP contribution in [0.1, 0.15) is 17.7 Å². The maximum absolute atomic E-state index is 12.7. The monoisotopic (exact) mass is 340 g/mol. The first-order valence-electron chi connectivity index (χ1n) is 7.87. The molecule has 0 aromatic carbocycles. The zero-order valence-corrected chi connectivity index (χ0v) is 13.1. The zero-order chi connectivity index (χ0) is 17.0. The Morgan fingerprint density at radius 1 is 1.17 bits per heavy atom. The van der Waals surface area contributed by atoms with E-state index in [2.05, 4.69) is 25.1 Å². The first-order chi connectivity index (χ1) is 11.5. The molecule has 0 radical (unpaired) electrons. The summed E-state index contributed by atoms with van der Waals surface area (Å²) in [5, 5.41) is 6.71.